The zero-order valence-electron chi connectivity index (χ0n) is 12.0. The molecule has 6 heteroatoms. The standard InChI is InChI=1S/C15H17N3O3/c1-10-9-11(2)18(17-10)8-7-14(19)16-13-6-4-3-5-12(13)15(20)21/h3-6,9H,7-8H2,1-2H3,(H,16,19)(H,20,21). The number of hydrogen-bond acceptors (Lipinski definition) is 3. The number of anilines is 1. The van der Waals surface area contributed by atoms with E-state index in [2.05, 4.69) is 10.4 Å². The number of aryl methyl sites for hydroxylation is 3. The van der Waals surface area contributed by atoms with Crippen LogP contribution in [-0.4, -0.2) is 26.8 Å². The average molecular weight is 287 g/mol. The van der Waals surface area contributed by atoms with Crippen molar-refractivity contribution in [2.24, 2.45) is 0 Å². The summed E-state index contributed by atoms with van der Waals surface area (Å²) < 4.78 is 1.76. The van der Waals surface area contributed by atoms with Gasteiger partial charge in [0.2, 0.25) is 5.91 Å². The number of benzene rings is 1. The lowest BCUT2D eigenvalue weighted by Crippen LogP contribution is -2.17. The third-order valence-electron chi connectivity index (χ3n) is 3.09. The number of aromatic carboxylic acids is 1. The van der Waals surface area contributed by atoms with E-state index in [1.807, 2.05) is 19.9 Å². The Morgan fingerprint density at radius 3 is 2.62 bits per heavy atom. The maximum Gasteiger partial charge on any atom is 0.337 e. The summed E-state index contributed by atoms with van der Waals surface area (Å²) in [4.78, 5) is 23.0. The van der Waals surface area contributed by atoms with E-state index in [-0.39, 0.29) is 17.9 Å². The van der Waals surface area contributed by atoms with E-state index >= 15 is 0 Å². The van der Waals surface area contributed by atoms with Crippen molar-refractivity contribution in [2.45, 2.75) is 26.8 Å². The van der Waals surface area contributed by atoms with Crippen LogP contribution in [0.15, 0.2) is 30.3 Å². The van der Waals surface area contributed by atoms with Gasteiger partial charge in [0.25, 0.3) is 0 Å². The molecule has 0 radical (unpaired) electrons. The minimum absolute atomic E-state index is 0.0805. The van der Waals surface area contributed by atoms with Crippen LogP contribution < -0.4 is 5.32 Å². The summed E-state index contributed by atoms with van der Waals surface area (Å²) in [6.45, 7) is 4.28. The zero-order valence-corrected chi connectivity index (χ0v) is 12.0. The quantitative estimate of drug-likeness (QED) is 0.883. The number of rotatable bonds is 5. The molecular weight excluding hydrogens is 270 g/mol. The van der Waals surface area contributed by atoms with Gasteiger partial charge in [-0.25, -0.2) is 4.79 Å². The molecule has 0 aliphatic carbocycles. The van der Waals surface area contributed by atoms with Gasteiger partial charge in [-0.2, -0.15) is 5.10 Å². The second-order valence-electron chi connectivity index (χ2n) is 4.80. The fraction of sp³-hybridized carbons (Fsp3) is 0.267. The van der Waals surface area contributed by atoms with Crippen LogP contribution >= 0.6 is 0 Å². The highest BCUT2D eigenvalue weighted by Crippen LogP contribution is 2.15. The van der Waals surface area contributed by atoms with Crippen molar-refractivity contribution in [1.29, 1.82) is 0 Å². The second-order valence-corrected chi connectivity index (χ2v) is 4.80. The molecule has 0 spiro atoms. The van der Waals surface area contributed by atoms with E-state index in [0.29, 0.717) is 12.2 Å². The normalized spacial score (nSPS) is 10.4. The first-order valence-electron chi connectivity index (χ1n) is 6.60. The van der Waals surface area contributed by atoms with Crippen molar-refractivity contribution in [3.05, 3.63) is 47.3 Å². The predicted molar refractivity (Wildman–Crippen MR) is 78.3 cm³/mol. The van der Waals surface area contributed by atoms with Crippen LogP contribution in [0.4, 0.5) is 5.69 Å². The molecule has 0 atom stereocenters. The van der Waals surface area contributed by atoms with E-state index in [9.17, 15) is 9.59 Å². The number of carboxylic acid groups (broad SMARTS) is 1. The Labute approximate surface area is 122 Å². The third-order valence-corrected chi connectivity index (χ3v) is 3.09. The van der Waals surface area contributed by atoms with Crippen molar-refractivity contribution in [1.82, 2.24) is 9.78 Å². The first kappa shape index (κ1) is 14.8. The summed E-state index contributed by atoms with van der Waals surface area (Å²) >= 11 is 0. The highest BCUT2D eigenvalue weighted by molar-refractivity contribution is 6.00. The molecule has 110 valence electrons. The van der Waals surface area contributed by atoms with Gasteiger partial charge < -0.3 is 10.4 Å². The number of hydrogen-bond donors (Lipinski definition) is 2. The Morgan fingerprint density at radius 2 is 2.00 bits per heavy atom. The van der Waals surface area contributed by atoms with Gasteiger partial charge in [-0.15, -0.1) is 0 Å². The topological polar surface area (TPSA) is 84.2 Å². The van der Waals surface area contributed by atoms with Crippen molar-refractivity contribution < 1.29 is 14.7 Å². The van der Waals surface area contributed by atoms with Crippen LogP contribution in [0.3, 0.4) is 0 Å². The monoisotopic (exact) mass is 287 g/mol. The summed E-state index contributed by atoms with van der Waals surface area (Å²) in [7, 11) is 0. The smallest absolute Gasteiger partial charge is 0.337 e. The lowest BCUT2D eigenvalue weighted by Gasteiger charge is -2.09. The molecule has 1 amide bonds. The second kappa shape index (κ2) is 6.21. The molecule has 2 rings (SSSR count). The molecule has 0 bridgehead atoms. The molecule has 21 heavy (non-hydrogen) atoms. The molecular formula is C15H17N3O3. The molecule has 0 aliphatic heterocycles. The minimum atomic E-state index is -1.07. The SMILES string of the molecule is Cc1cc(C)n(CCC(=O)Nc2ccccc2C(=O)O)n1. The van der Waals surface area contributed by atoms with Gasteiger partial charge in [-0.3, -0.25) is 9.48 Å². The van der Waals surface area contributed by atoms with Crippen LogP contribution in [0.5, 0.6) is 0 Å². The Kier molecular flexibility index (Phi) is 4.37. The van der Waals surface area contributed by atoms with Gasteiger partial charge in [-0.05, 0) is 32.0 Å². The Bertz CT molecular complexity index is 677. The average Bonchev–Trinajstić information content (AvgIpc) is 2.75. The first-order valence-corrected chi connectivity index (χ1v) is 6.60. The largest absolute Gasteiger partial charge is 0.478 e. The van der Waals surface area contributed by atoms with E-state index < -0.39 is 5.97 Å². The van der Waals surface area contributed by atoms with Gasteiger partial charge in [0.05, 0.1) is 16.9 Å². The number of para-hydroxylation sites is 1. The minimum Gasteiger partial charge on any atom is -0.478 e. The molecule has 0 unspecified atom stereocenters. The van der Waals surface area contributed by atoms with Crippen LogP contribution in [0, 0.1) is 13.8 Å². The van der Waals surface area contributed by atoms with E-state index in [4.69, 9.17) is 5.11 Å². The predicted octanol–water partition coefficient (Wildman–Crippen LogP) is 2.23. The zero-order chi connectivity index (χ0) is 15.4. The van der Waals surface area contributed by atoms with Gasteiger partial charge in [0.15, 0.2) is 0 Å². The van der Waals surface area contributed by atoms with Crippen molar-refractivity contribution in [3.63, 3.8) is 0 Å². The maximum absolute atomic E-state index is 11.9. The third kappa shape index (κ3) is 3.68. The molecule has 1 aromatic heterocycles. The fourth-order valence-electron chi connectivity index (χ4n) is 2.10. The molecule has 1 aromatic carbocycles. The number of carbonyl (C=O) groups is 2. The van der Waals surface area contributed by atoms with Crippen molar-refractivity contribution >= 4 is 17.6 Å². The number of nitrogens with one attached hydrogen (secondary N) is 1. The van der Waals surface area contributed by atoms with Crippen LogP contribution in [0.25, 0.3) is 0 Å². The number of nitrogens with zero attached hydrogens (tertiary/aromatic N) is 2. The Balaban J connectivity index is 1.99. The van der Waals surface area contributed by atoms with Crippen LogP contribution in [0.1, 0.15) is 28.2 Å². The number of aromatic nitrogens is 2. The van der Waals surface area contributed by atoms with Crippen LogP contribution in [-0.2, 0) is 11.3 Å². The number of carboxylic acids is 1. The van der Waals surface area contributed by atoms with Crippen molar-refractivity contribution in [3.8, 4) is 0 Å². The van der Waals surface area contributed by atoms with E-state index in [1.54, 1.807) is 22.9 Å². The van der Waals surface area contributed by atoms with Gasteiger partial charge in [0, 0.05) is 18.7 Å². The maximum atomic E-state index is 11.9. The summed E-state index contributed by atoms with van der Waals surface area (Å²) in [6, 6.07) is 8.28. The summed E-state index contributed by atoms with van der Waals surface area (Å²) in [5, 5.41) is 16.0. The summed E-state index contributed by atoms with van der Waals surface area (Å²) in [5.74, 6) is -1.30. The lowest BCUT2D eigenvalue weighted by atomic mass is 10.2. The molecule has 2 aromatic rings. The van der Waals surface area contributed by atoms with Crippen molar-refractivity contribution in [2.75, 3.05) is 5.32 Å². The first-order chi connectivity index (χ1) is 9.97. The molecule has 0 saturated carbocycles. The molecule has 0 fully saturated rings. The van der Waals surface area contributed by atoms with Gasteiger partial charge >= 0.3 is 5.97 Å². The summed E-state index contributed by atoms with van der Waals surface area (Å²) in [6.07, 6.45) is 0.232. The molecule has 0 aliphatic rings. The molecule has 6 nitrogen and oxygen atoms in total. The number of amides is 1. The lowest BCUT2D eigenvalue weighted by molar-refractivity contribution is -0.116. The Morgan fingerprint density at radius 1 is 1.29 bits per heavy atom. The van der Waals surface area contributed by atoms with Crippen LogP contribution in [0.2, 0.25) is 0 Å². The highest BCUT2D eigenvalue weighted by atomic mass is 16.4. The fourth-order valence-corrected chi connectivity index (χ4v) is 2.10. The molecule has 2 N–H and O–H groups in total. The summed E-state index contributed by atoms with van der Waals surface area (Å²) in [5.41, 5.74) is 2.29. The Hall–Kier alpha value is -2.63. The van der Waals surface area contributed by atoms with E-state index in [1.165, 1.54) is 6.07 Å². The van der Waals surface area contributed by atoms with Gasteiger partial charge in [-0.1, -0.05) is 12.1 Å². The molecule has 0 saturated heterocycles. The molecule has 1 heterocycles. The van der Waals surface area contributed by atoms with Gasteiger partial charge in [0.1, 0.15) is 0 Å². The van der Waals surface area contributed by atoms with E-state index in [0.717, 1.165) is 11.4 Å². The number of carbonyl (C=O) groups excluding carboxylic acids is 1. The highest BCUT2D eigenvalue weighted by Gasteiger charge is 2.12.